The summed E-state index contributed by atoms with van der Waals surface area (Å²) in [4.78, 5) is 5.15. The fourth-order valence-electron chi connectivity index (χ4n) is 9.54. The Labute approximate surface area is 300 Å². The Morgan fingerprint density at radius 3 is 1.69 bits per heavy atom. The van der Waals surface area contributed by atoms with Crippen molar-refractivity contribution >= 4 is 43.6 Å². The number of furan rings is 1. The molecule has 12 rings (SSSR count). The average Bonchev–Trinajstić information content (AvgIpc) is 3.84. The molecule has 2 aromatic heterocycles. The van der Waals surface area contributed by atoms with Crippen LogP contribution in [0, 0.1) is 0 Å². The van der Waals surface area contributed by atoms with Gasteiger partial charge in [-0.3, -0.25) is 0 Å². The van der Waals surface area contributed by atoms with E-state index < -0.39 is 0 Å². The number of hydrogen-bond donors (Lipinski definition) is 0. The van der Waals surface area contributed by atoms with Crippen LogP contribution < -0.4 is 0 Å². The number of hydrogen-bond acceptors (Lipinski definition) is 2. The van der Waals surface area contributed by atoms with E-state index in [1.54, 1.807) is 0 Å². The smallest absolute Gasteiger partial charge is 0.144 e. The van der Waals surface area contributed by atoms with Crippen LogP contribution in [0.5, 0.6) is 0 Å². The molecule has 2 aliphatic rings. The molecule has 0 aliphatic heterocycles. The van der Waals surface area contributed by atoms with Crippen molar-refractivity contribution < 1.29 is 4.42 Å². The molecule has 0 radical (unpaired) electrons. The van der Waals surface area contributed by atoms with E-state index in [1.165, 1.54) is 55.6 Å². The monoisotopic (exact) mass is 659 g/mol. The average molecular weight is 660 g/mol. The van der Waals surface area contributed by atoms with Crippen molar-refractivity contribution in [1.82, 2.24) is 4.98 Å². The minimum absolute atomic E-state index is 0.369. The van der Waals surface area contributed by atoms with Crippen molar-refractivity contribution in [3.05, 3.63) is 198 Å². The molecule has 0 saturated heterocycles. The number of nitrogens with zero attached hydrogens (tertiary/aromatic N) is 1. The van der Waals surface area contributed by atoms with E-state index in [-0.39, 0.29) is 5.41 Å². The second-order valence-electron chi connectivity index (χ2n) is 14.2. The molecule has 2 aliphatic carbocycles. The van der Waals surface area contributed by atoms with Gasteiger partial charge in [0, 0.05) is 32.5 Å². The van der Waals surface area contributed by atoms with Gasteiger partial charge < -0.3 is 4.42 Å². The first kappa shape index (κ1) is 28.0. The third-order valence-corrected chi connectivity index (χ3v) is 11.7. The van der Waals surface area contributed by atoms with Crippen LogP contribution in [0.1, 0.15) is 22.3 Å². The lowest BCUT2D eigenvalue weighted by Gasteiger charge is -2.30. The van der Waals surface area contributed by atoms with Gasteiger partial charge in [-0.1, -0.05) is 146 Å². The first-order valence-electron chi connectivity index (χ1n) is 18.0. The highest BCUT2D eigenvalue weighted by Gasteiger charge is 2.51. The molecule has 0 saturated carbocycles. The fourth-order valence-corrected chi connectivity index (χ4v) is 9.54. The second kappa shape index (κ2) is 10.2. The zero-order valence-electron chi connectivity index (χ0n) is 28.1. The van der Waals surface area contributed by atoms with Gasteiger partial charge in [-0.05, 0) is 86.0 Å². The number of rotatable bonds is 2. The van der Waals surface area contributed by atoms with E-state index in [1.807, 2.05) is 6.07 Å². The topological polar surface area (TPSA) is 26.0 Å². The lowest BCUT2D eigenvalue weighted by Crippen LogP contribution is -2.25. The molecule has 2 nitrogen and oxygen atoms in total. The van der Waals surface area contributed by atoms with E-state index in [9.17, 15) is 0 Å². The molecular weight excluding hydrogens is 631 g/mol. The molecule has 0 fully saturated rings. The zero-order valence-corrected chi connectivity index (χ0v) is 28.1. The van der Waals surface area contributed by atoms with Gasteiger partial charge >= 0.3 is 0 Å². The third kappa shape index (κ3) is 3.51. The zero-order chi connectivity index (χ0) is 34.0. The molecule has 2 heteroatoms. The molecule has 0 N–H and O–H groups in total. The Bertz CT molecular complexity index is 3070. The highest BCUT2D eigenvalue weighted by Crippen LogP contribution is 2.63. The van der Waals surface area contributed by atoms with Crippen LogP contribution in [0.15, 0.2) is 180 Å². The Balaban J connectivity index is 1.09. The summed E-state index contributed by atoms with van der Waals surface area (Å²) in [6, 6.07) is 64.1. The predicted octanol–water partition coefficient (Wildman–Crippen LogP) is 13.0. The van der Waals surface area contributed by atoms with E-state index in [2.05, 4.69) is 170 Å². The summed E-state index contributed by atoms with van der Waals surface area (Å²) in [6.07, 6.45) is 0. The summed E-state index contributed by atoms with van der Waals surface area (Å²) < 4.78 is 6.80. The van der Waals surface area contributed by atoms with Gasteiger partial charge in [0.05, 0.1) is 16.6 Å². The molecule has 240 valence electrons. The van der Waals surface area contributed by atoms with Gasteiger partial charge in [0.2, 0.25) is 0 Å². The van der Waals surface area contributed by atoms with Crippen LogP contribution >= 0.6 is 0 Å². The number of aromatic nitrogens is 1. The Kier molecular flexibility index (Phi) is 5.46. The summed E-state index contributed by atoms with van der Waals surface area (Å²) >= 11 is 0. The van der Waals surface area contributed by atoms with Crippen molar-refractivity contribution in [2.24, 2.45) is 0 Å². The Hall–Kier alpha value is -6.77. The molecule has 8 aromatic carbocycles. The number of pyridine rings is 1. The molecule has 0 amide bonds. The maximum atomic E-state index is 6.80. The standard InChI is InChI=1S/C50H29NO/c1-2-12-30(13-3-1)48-39-26-25-37-40-28-31(23-27-46(40)52-49(37)47(39)38-17-7-11-21-45(38)51-48)32-22-24-36-35-16-6-10-20-43(35)50(44(36)29-32)41-18-8-4-14-33(41)34-15-5-9-19-42(34)50/h1-29H. The summed E-state index contributed by atoms with van der Waals surface area (Å²) in [5.41, 5.74) is 17.5. The second-order valence-corrected chi connectivity index (χ2v) is 14.2. The van der Waals surface area contributed by atoms with Crippen LogP contribution in [0.25, 0.3) is 88.3 Å². The maximum absolute atomic E-state index is 6.80. The first-order valence-corrected chi connectivity index (χ1v) is 18.0. The van der Waals surface area contributed by atoms with E-state index >= 15 is 0 Å². The fraction of sp³-hybridized carbons (Fsp3) is 0.0200. The van der Waals surface area contributed by atoms with Gasteiger partial charge in [-0.2, -0.15) is 0 Å². The maximum Gasteiger partial charge on any atom is 0.144 e. The van der Waals surface area contributed by atoms with Crippen molar-refractivity contribution in [2.75, 3.05) is 0 Å². The lowest BCUT2D eigenvalue weighted by molar-refractivity contribution is 0.673. The molecule has 0 bridgehead atoms. The van der Waals surface area contributed by atoms with Crippen molar-refractivity contribution in [3.63, 3.8) is 0 Å². The van der Waals surface area contributed by atoms with Gasteiger partial charge in [0.15, 0.2) is 0 Å². The summed E-state index contributed by atoms with van der Waals surface area (Å²) in [5, 5.41) is 5.53. The summed E-state index contributed by atoms with van der Waals surface area (Å²) in [7, 11) is 0. The number of fused-ring (bicyclic) bond motifs is 17. The van der Waals surface area contributed by atoms with Crippen LogP contribution in [0.2, 0.25) is 0 Å². The number of benzene rings is 8. The van der Waals surface area contributed by atoms with E-state index in [4.69, 9.17) is 9.40 Å². The highest BCUT2D eigenvalue weighted by atomic mass is 16.3. The summed E-state index contributed by atoms with van der Waals surface area (Å²) in [6.45, 7) is 0. The Morgan fingerprint density at radius 2 is 0.962 bits per heavy atom. The predicted molar refractivity (Wildman–Crippen MR) is 214 cm³/mol. The molecule has 10 aromatic rings. The normalized spacial score (nSPS) is 13.5. The minimum Gasteiger partial charge on any atom is -0.455 e. The molecule has 1 spiro atoms. The first-order chi connectivity index (χ1) is 25.8. The van der Waals surface area contributed by atoms with Gasteiger partial charge in [0.25, 0.3) is 0 Å². The van der Waals surface area contributed by atoms with Crippen LogP contribution in [-0.2, 0) is 5.41 Å². The van der Waals surface area contributed by atoms with Gasteiger partial charge in [0.1, 0.15) is 11.2 Å². The van der Waals surface area contributed by atoms with Gasteiger partial charge in [-0.15, -0.1) is 0 Å². The quantitative estimate of drug-likeness (QED) is 0.173. The largest absolute Gasteiger partial charge is 0.455 e. The minimum atomic E-state index is -0.369. The Morgan fingerprint density at radius 1 is 0.385 bits per heavy atom. The van der Waals surface area contributed by atoms with Crippen LogP contribution in [0.3, 0.4) is 0 Å². The van der Waals surface area contributed by atoms with Crippen LogP contribution in [0.4, 0.5) is 0 Å². The van der Waals surface area contributed by atoms with Crippen molar-refractivity contribution in [2.45, 2.75) is 5.41 Å². The lowest BCUT2D eigenvalue weighted by atomic mass is 9.70. The SMILES string of the molecule is c1ccc(-c2nc3ccccc3c3c2ccc2c4cc(-c5ccc6c(c5)C5(c7ccccc7-c7ccccc75)c5ccccc5-6)ccc4oc23)cc1. The molecule has 0 unspecified atom stereocenters. The highest BCUT2D eigenvalue weighted by molar-refractivity contribution is 6.25. The molecule has 2 heterocycles. The van der Waals surface area contributed by atoms with Crippen molar-refractivity contribution in [3.8, 4) is 44.6 Å². The van der Waals surface area contributed by atoms with E-state index in [0.717, 1.165) is 54.9 Å². The molecule has 0 atom stereocenters. The third-order valence-electron chi connectivity index (χ3n) is 11.7. The van der Waals surface area contributed by atoms with Crippen molar-refractivity contribution in [1.29, 1.82) is 0 Å². The molecule has 52 heavy (non-hydrogen) atoms. The number of para-hydroxylation sites is 1. The van der Waals surface area contributed by atoms with Crippen LogP contribution in [-0.4, -0.2) is 4.98 Å². The van der Waals surface area contributed by atoms with Gasteiger partial charge in [-0.25, -0.2) is 4.98 Å². The van der Waals surface area contributed by atoms with E-state index in [0.29, 0.717) is 0 Å². The molecular formula is C50H29NO. The summed E-state index contributed by atoms with van der Waals surface area (Å²) in [5.74, 6) is 0.